The van der Waals surface area contributed by atoms with Crippen molar-refractivity contribution in [2.45, 2.75) is 31.4 Å². The van der Waals surface area contributed by atoms with Gasteiger partial charge in [0.2, 0.25) is 0 Å². The molecule has 0 unspecified atom stereocenters. The van der Waals surface area contributed by atoms with Gasteiger partial charge in [0, 0.05) is 25.9 Å². The fourth-order valence-electron chi connectivity index (χ4n) is 2.68. The monoisotopic (exact) mass is 307 g/mol. The lowest BCUT2D eigenvalue weighted by molar-refractivity contribution is -0.139. The molecular formula is C16H21NO5. The van der Waals surface area contributed by atoms with E-state index in [0.717, 1.165) is 5.56 Å². The van der Waals surface area contributed by atoms with Crippen molar-refractivity contribution in [1.82, 2.24) is 5.32 Å². The van der Waals surface area contributed by atoms with Gasteiger partial charge >= 0.3 is 5.97 Å². The van der Waals surface area contributed by atoms with Crippen LogP contribution in [0.2, 0.25) is 0 Å². The molecule has 0 atom stereocenters. The Morgan fingerprint density at radius 3 is 2.73 bits per heavy atom. The Morgan fingerprint density at radius 2 is 2.09 bits per heavy atom. The number of hydrogen-bond donors (Lipinski definition) is 2. The SMILES string of the molecule is COCc1cccc(C(=O)NC2(CC(=O)O)CCOCC2)c1. The van der Waals surface area contributed by atoms with Gasteiger partial charge in [-0.3, -0.25) is 9.59 Å². The molecule has 2 N–H and O–H groups in total. The number of amides is 1. The molecule has 0 bridgehead atoms. The van der Waals surface area contributed by atoms with Crippen molar-refractivity contribution in [1.29, 1.82) is 0 Å². The van der Waals surface area contributed by atoms with Crippen molar-refractivity contribution in [3.8, 4) is 0 Å². The molecule has 1 fully saturated rings. The van der Waals surface area contributed by atoms with Gasteiger partial charge in [-0.2, -0.15) is 0 Å². The Bertz CT molecular complexity index is 537. The van der Waals surface area contributed by atoms with Crippen LogP contribution in [0.25, 0.3) is 0 Å². The quantitative estimate of drug-likeness (QED) is 0.833. The smallest absolute Gasteiger partial charge is 0.305 e. The third-order valence-corrected chi connectivity index (χ3v) is 3.82. The molecule has 6 heteroatoms. The number of carbonyl (C=O) groups excluding carboxylic acids is 1. The van der Waals surface area contributed by atoms with Gasteiger partial charge in [0.15, 0.2) is 0 Å². The first-order valence-electron chi connectivity index (χ1n) is 7.25. The molecule has 22 heavy (non-hydrogen) atoms. The van der Waals surface area contributed by atoms with Gasteiger partial charge in [0.05, 0.1) is 18.6 Å². The van der Waals surface area contributed by atoms with Crippen LogP contribution in [0.5, 0.6) is 0 Å². The predicted molar refractivity (Wildman–Crippen MR) is 79.7 cm³/mol. The van der Waals surface area contributed by atoms with Crippen molar-refractivity contribution < 1.29 is 24.2 Å². The van der Waals surface area contributed by atoms with Gasteiger partial charge in [0.1, 0.15) is 0 Å². The van der Waals surface area contributed by atoms with Crippen molar-refractivity contribution in [3.05, 3.63) is 35.4 Å². The first-order chi connectivity index (χ1) is 10.5. The number of aliphatic carboxylic acids is 1. The highest BCUT2D eigenvalue weighted by molar-refractivity contribution is 5.95. The van der Waals surface area contributed by atoms with Crippen LogP contribution < -0.4 is 5.32 Å². The summed E-state index contributed by atoms with van der Waals surface area (Å²) < 4.78 is 10.3. The second-order valence-electron chi connectivity index (χ2n) is 5.55. The van der Waals surface area contributed by atoms with Crippen molar-refractivity contribution >= 4 is 11.9 Å². The molecule has 1 aliphatic rings. The Balaban J connectivity index is 2.13. The molecule has 1 aliphatic heterocycles. The Kier molecular flexibility index (Phi) is 5.51. The van der Waals surface area contributed by atoms with Crippen molar-refractivity contribution in [2.75, 3.05) is 20.3 Å². The molecule has 1 aromatic carbocycles. The molecule has 1 saturated heterocycles. The van der Waals surface area contributed by atoms with Gasteiger partial charge in [0.25, 0.3) is 5.91 Å². The molecule has 1 aromatic rings. The maximum absolute atomic E-state index is 12.5. The molecule has 6 nitrogen and oxygen atoms in total. The van der Waals surface area contributed by atoms with E-state index in [9.17, 15) is 9.59 Å². The summed E-state index contributed by atoms with van der Waals surface area (Å²) >= 11 is 0. The zero-order valence-corrected chi connectivity index (χ0v) is 12.6. The van der Waals surface area contributed by atoms with Crippen LogP contribution in [0.1, 0.15) is 35.2 Å². The van der Waals surface area contributed by atoms with Gasteiger partial charge in [-0.05, 0) is 30.5 Å². The number of hydrogen-bond acceptors (Lipinski definition) is 4. The topological polar surface area (TPSA) is 84.9 Å². The van der Waals surface area contributed by atoms with E-state index in [2.05, 4.69) is 5.32 Å². The molecule has 0 aromatic heterocycles. The van der Waals surface area contributed by atoms with E-state index in [1.807, 2.05) is 6.07 Å². The van der Waals surface area contributed by atoms with Crippen LogP contribution in [0.3, 0.4) is 0 Å². The highest BCUT2D eigenvalue weighted by Crippen LogP contribution is 2.25. The number of rotatable bonds is 6. The molecule has 2 rings (SSSR count). The average molecular weight is 307 g/mol. The van der Waals surface area contributed by atoms with E-state index in [1.54, 1.807) is 25.3 Å². The Hall–Kier alpha value is -1.92. The second kappa shape index (κ2) is 7.38. The van der Waals surface area contributed by atoms with E-state index in [0.29, 0.717) is 38.2 Å². The average Bonchev–Trinajstić information content (AvgIpc) is 2.48. The first kappa shape index (κ1) is 16.5. The largest absolute Gasteiger partial charge is 0.481 e. The molecular weight excluding hydrogens is 286 g/mol. The molecule has 120 valence electrons. The number of methoxy groups -OCH3 is 1. The summed E-state index contributed by atoms with van der Waals surface area (Å²) in [5.41, 5.74) is 0.665. The van der Waals surface area contributed by atoms with Gasteiger partial charge in [-0.1, -0.05) is 12.1 Å². The van der Waals surface area contributed by atoms with Crippen LogP contribution in [0.4, 0.5) is 0 Å². The number of carboxylic acids is 1. The maximum atomic E-state index is 12.5. The maximum Gasteiger partial charge on any atom is 0.305 e. The highest BCUT2D eigenvalue weighted by Gasteiger charge is 2.36. The van der Waals surface area contributed by atoms with Gasteiger partial charge in [-0.15, -0.1) is 0 Å². The standard InChI is InChI=1S/C16H21NO5/c1-21-11-12-3-2-4-13(9-12)15(20)17-16(10-14(18)19)5-7-22-8-6-16/h2-4,9H,5-8,10-11H2,1H3,(H,17,20)(H,18,19). The lowest BCUT2D eigenvalue weighted by Crippen LogP contribution is -2.53. The van der Waals surface area contributed by atoms with Gasteiger partial charge in [-0.25, -0.2) is 0 Å². The summed E-state index contributed by atoms with van der Waals surface area (Å²) in [6, 6.07) is 7.13. The third-order valence-electron chi connectivity index (χ3n) is 3.82. The number of ether oxygens (including phenoxy) is 2. The van der Waals surface area contributed by atoms with Crippen LogP contribution >= 0.6 is 0 Å². The van der Waals surface area contributed by atoms with Crippen molar-refractivity contribution in [2.24, 2.45) is 0 Å². The zero-order valence-electron chi connectivity index (χ0n) is 12.6. The lowest BCUT2D eigenvalue weighted by atomic mass is 9.86. The number of carbonyl (C=O) groups is 2. The fraction of sp³-hybridized carbons (Fsp3) is 0.500. The zero-order chi connectivity index (χ0) is 16.0. The fourth-order valence-corrected chi connectivity index (χ4v) is 2.68. The molecule has 0 radical (unpaired) electrons. The minimum atomic E-state index is -0.921. The summed E-state index contributed by atoms with van der Waals surface area (Å²) in [6.07, 6.45) is 0.908. The molecule has 1 amide bonds. The van der Waals surface area contributed by atoms with Crippen LogP contribution in [0, 0.1) is 0 Å². The van der Waals surface area contributed by atoms with Gasteiger partial charge < -0.3 is 19.9 Å². The first-order valence-corrected chi connectivity index (χ1v) is 7.25. The summed E-state index contributed by atoms with van der Waals surface area (Å²) in [7, 11) is 1.59. The molecule has 0 aliphatic carbocycles. The van der Waals surface area contributed by atoms with E-state index in [-0.39, 0.29) is 12.3 Å². The third kappa shape index (κ3) is 4.29. The van der Waals surface area contributed by atoms with E-state index < -0.39 is 11.5 Å². The van der Waals surface area contributed by atoms with E-state index in [1.165, 1.54) is 0 Å². The molecule has 1 heterocycles. The van der Waals surface area contributed by atoms with E-state index >= 15 is 0 Å². The summed E-state index contributed by atoms with van der Waals surface area (Å²) in [6.45, 7) is 1.34. The number of nitrogens with one attached hydrogen (secondary N) is 1. The number of carboxylic acid groups (broad SMARTS) is 1. The molecule has 0 spiro atoms. The Labute approximate surface area is 129 Å². The van der Waals surface area contributed by atoms with Crippen LogP contribution in [-0.4, -0.2) is 42.8 Å². The lowest BCUT2D eigenvalue weighted by Gasteiger charge is -2.36. The minimum Gasteiger partial charge on any atom is -0.481 e. The van der Waals surface area contributed by atoms with Crippen molar-refractivity contribution in [3.63, 3.8) is 0 Å². The molecule has 0 saturated carbocycles. The Morgan fingerprint density at radius 1 is 1.36 bits per heavy atom. The minimum absolute atomic E-state index is 0.0974. The number of benzene rings is 1. The van der Waals surface area contributed by atoms with E-state index in [4.69, 9.17) is 14.6 Å². The second-order valence-corrected chi connectivity index (χ2v) is 5.55. The highest BCUT2D eigenvalue weighted by atomic mass is 16.5. The summed E-state index contributed by atoms with van der Waals surface area (Å²) in [5.74, 6) is -1.18. The normalized spacial score (nSPS) is 17.0. The predicted octanol–water partition coefficient (Wildman–Crippen LogP) is 1.59. The summed E-state index contributed by atoms with van der Waals surface area (Å²) in [5, 5.41) is 12.0. The summed E-state index contributed by atoms with van der Waals surface area (Å²) in [4.78, 5) is 23.6. The van der Waals surface area contributed by atoms with Crippen LogP contribution in [0.15, 0.2) is 24.3 Å². The van der Waals surface area contributed by atoms with Crippen LogP contribution in [-0.2, 0) is 20.9 Å².